The van der Waals surface area contributed by atoms with Gasteiger partial charge in [-0.15, -0.1) is 11.3 Å². The highest BCUT2D eigenvalue weighted by molar-refractivity contribution is 9.11. The molecule has 2 atom stereocenters. The van der Waals surface area contributed by atoms with Crippen LogP contribution in [0.5, 0.6) is 0 Å². The number of hydrogen-bond acceptors (Lipinski definition) is 3. The normalized spacial score (nSPS) is 25.3. The molecule has 17 heavy (non-hydrogen) atoms. The maximum atomic E-state index is 12.0. The van der Waals surface area contributed by atoms with Crippen LogP contribution in [0.1, 0.15) is 41.8 Å². The average molecular weight is 317 g/mol. The van der Waals surface area contributed by atoms with Crippen LogP contribution in [0, 0.1) is 0 Å². The van der Waals surface area contributed by atoms with Gasteiger partial charge in [-0.1, -0.05) is 19.3 Å². The van der Waals surface area contributed by atoms with E-state index in [1.54, 1.807) is 0 Å². The summed E-state index contributed by atoms with van der Waals surface area (Å²) in [5, 5.41) is 3.06. The molecule has 2 unspecified atom stereocenters. The number of thiophene rings is 1. The van der Waals surface area contributed by atoms with Crippen molar-refractivity contribution in [1.82, 2.24) is 5.32 Å². The van der Waals surface area contributed by atoms with Crippen molar-refractivity contribution in [2.45, 2.75) is 44.2 Å². The highest BCUT2D eigenvalue weighted by atomic mass is 79.9. The van der Waals surface area contributed by atoms with Crippen LogP contribution in [0.2, 0.25) is 0 Å². The standard InChI is InChI=1S/C12H17BrN2OS/c13-11-7-6-10(17-11)12(16)15-9-5-3-1-2-4-8(9)14/h6-9H,1-5,14H2,(H,15,16). The lowest BCUT2D eigenvalue weighted by Gasteiger charge is -2.22. The van der Waals surface area contributed by atoms with E-state index in [9.17, 15) is 4.79 Å². The second kappa shape index (κ2) is 5.98. The van der Waals surface area contributed by atoms with Crippen molar-refractivity contribution in [1.29, 1.82) is 0 Å². The topological polar surface area (TPSA) is 55.1 Å². The predicted octanol–water partition coefficient (Wildman–Crippen LogP) is 2.90. The fraction of sp³-hybridized carbons (Fsp3) is 0.583. The first-order valence-corrected chi connectivity index (χ1v) is 7.59. The first-order valence-electron chi connectivity index (χ1n) is 5.98. The molecule has 1 saturated carbocycles. The Balaban J connectivity index is 1.97. The van der Waals surface area contributed by atoms with Crippen LogP contribution in [0.15, 0.2) is 15.9 Å². The molecule has 0 radical (unpaired) electrons. The van der Waals surface area contributed by atoms with E-state index in [2.05, 4.69) is 21.2 Å². The van der Waals surface area contributed by atoms with Crippen LogP contribution >= 0.6 is 27.3 Å². The minimum Gasteiger partial charge on any atom is -0.347 e. The number of halogens is 1. The van der Waals surface area contributed by atoms with Crippen molar-refractivity contribution in [2.75, 3.05) is 0 Å². The molecular formula is C12H17BrN2OS. The molecular weight excluding hydrogens is 300 g/mol. The van der Waals surface area contributed by atoms with Crippen molar-refractivity contribution in [3.8, 4) is 0 Å². The maximum Gasteiger partial charge on any atom is 0.261 e. The van der Waals surface area contributed by atoms with Crippen LogP contribution in [-0.2, 0) is 0 Å². The van der Waals surface area contributed by atoms with Crippen LogP contribution in [0.3, 0.4) is 0 Å². The molecule has 3 N–H and O–H groups in total. The summed E-state index contributed by atoms with van der Waals surface area (Å²) in [7, 11) is 0. The van der Waals surface area contributed by atoms with E-state index >= 15 is 0 Å². The van der Waals surface area contributed by atoms with E-state index in [1.165, 1.54) is 24.2 Å². The van der Waals surface area contributed by atoms with E-state index in [0.29, 0.717) is 0 Å². The number of carbonyl (C=O) groups is 1. The quantitative estimate of drug-likeness (QED) is 0.824. The third kappa shape index (κ3) is 3.53. The smallest absolute Gasteiger partial charge is 0.261 e. The fourth-order valence-electron chi connectivity index (χ4n) is 2.19. The molecule has 1 aliphatic rings. The third-order valence-electron chi connectivity index (χ3n) is 3.18. The monoisotopic (exact) mass is 316 g/mol. The highest BCUT2D eigenvalue weighted by Crippen LogP contribution is 2.23. The van der Waals surface area contributed by atoms with Gasteiger partial charge in [-0.05, 0) is 40.9 Å². The molecule has 1 aromatic rings. The van der Waals surface area contributed by atoms with Crippen LogP contribution in [0.4, 0.5) is 0 Å². The Kier molecular flexibility index (Phi) is 4.59. The van der Waals surface area contributed by atoms with Gasteiger partial charge in [0, 0.05) is 12.1 Å². The van der Waals surface area contributed by atoms with Gasteiger partial charge in [-0.2, -0.15) is 0 Å². The Morgan fingerprint density at radius 3 is 2.82 bits per heavy atom. The first kappa shape index (κ1) is 13.1. The molecule has 0 aromatic carbocycles. The number of hydrogen-bond donors (Lipinski definition) is 2. The molecule has 0 aliphatic heterocycles. The van der Waals surface area contributed by atoms with Gasteiger partial charge in [0.15, 0.2) is 0 Å². The first-order chi connectivity index (χ1) is 8.16. The Labute approximate surface area is 114 Å². The van der Waals surface area contributed by atoms with Crippen LogP contribution < -0.4 is 11.1 Å². The zero-order valence-electron chi connectivity index (χ0n) is 9.62. The summed E-state index contributed by atoms with van der Waals surface area (Å²) in [4.78, 5) is 12.8. The Morgan fingerprint density at radius 2 is 2.12 bits per heavy atom. The molecule has 0 bridgehead atoms. The minimum atomic E-state index is 0.00282. The van der Waals surface area contributed by atoms with Gasteiger partial charge in [0.25, 0.3) is 5.91 Å². The second-order valence-corrected chi connectivity index (χ2v) is 6.95. The van der Waals surface area contributed by atoms with E-state index in [0.717, 1.165) is 27.9 Å². The zero-order valence-corrected chi connectivity index (χ0v) is 12.0. The molecule has 1 amide bonds. The largest absolute Gasteiger partial charge is 0.347 e. The van der Waals surface area contributed by atoms with E-state index in [4.69, 9.17) is 5.73 Å². The van der Waals surface area contributed by atoms with Gasteiger partial charge in [0.2, 0.25) is 0 Å². The van der Waals surface area contributed by atoms with Gasteiger partial charge < -0.3 is 11.1 Å². The van der Waals surface area contributed by atoms with Gasteiger partial charge in [0.1, 0.15) is 0 Å². The number of carbonyl (C=O) groups excluding carboxylic acids is 1. The molecule has 0 spiro atoms. The van der Waals surface area contributed by atoms with E-state index in [1.807, 2.05) is 12.1 Å². The summed E-state index contributed by atoms with van der Waals surface area (Å²) in [5.41, 5.74) is 6.09. The van der Waals surface area contributed by atoms with Gasteiger partial charge in [-0.3, -0.25) is 4.79 Å². The van der Waals surface area contributed by atoms with Crippen LogP contribution in [0.25, 0.3) is 0 Å². The molecule has 5 heteroatoms. The summed E-state index contributed by atoms with van der Waals surface area (Å²) >= 11 is 4.82. The Hall–Kier alpha value is -0.390. The molecule has 1 aromatic heterocycles. The molecule has 2 rings (SSSR count). The summed E-state index contributed by atoms with van der Waals surface area (Å²) in [6, 6.07) is 3.97. The summed E-state index contributed by atoms with van der Waals surface area (Å²) in [5.74, 6) is 0.00282. The Morgan fingerprint density at radius 1 is 1.35 bits per heavy atom. The summed E-state index contributed by atoms with van der Waals surface area (Å²) in [6.07, 6.45) is 5.58. The number of rotatable bonds is 2. The molecule has 3 nitrogen and oxygen atoms in total. The lowest BCUT2D eigenvalue weighted by atomic mass is 10.0. The molecule has 1 fully saturated rings. The molecule has 94 valence electrons. The van der Waals surface area contributed by atoms with Crippen LogP contribution in [-0.4, -0.2) is 18.0 Å². The fourth-order valence-corrected chi connectivity index (χ4v) is 3.48. The van der Waals surface area contributed by atoms with Crippen molar-refractivity contribution in [3.63, 3.8) is 0 Å². The number of amides is 1. The summed E-state index contributed by atoms with van der Waals surface area (Å²) < 4.78 is 0.979. The van der Waals surface area contributed by atoms with E-state index < -0.39 is 0 Å². The molecule has 1 aliphatic carbocycles. The van der Waals surface area contributed by atoms with Crippen molar-refractivity contribution in [3.05, 3.63) is 20.8 Å². The minimum absolute atomic E-state index is 0.00282. The SMILES string of the molecule is NC1CCCCCC1NC(=O)c1ccc(Br)s1. The molecule has 0 saturated heterocycles. The van der Waals surface area contributed by atoms with Gasteiger partial charge >= 0.3 is 0 Å². The summed E-state index contributed by atoms with van der Waals surface area (Å²) in [6.45, 7) is 0. The number of nitrogens with two attached hydrogens (primary N) is 1. The lowest BCUT2D eigenvalue weighted by Crippen LogP contribution is -2.46. The van der Waals surface area contributed by atoms with Crippen molar-refractivity contribution >= 4 is 33.2 Å². The van der Waals surface area contributed by atoms with Crippen molar-refractivity contribution in [2.24, 2.45) is 5.73 Å². The second-order valence-electron chi connectivity index (χ2n) is 4.49. The van der Waals surface area contributed by atoms with Gasteiger partial charge in [-0.25, -0.2) is 0 Å². The Bertz CT molecular complexity index is 394. The predicted molar refractivity (Wildman–Crippen MR) is 74.3 cm³/mol. The highest BCUT2D eigenvalue weighted by Gasteiger charge is 2.22. The van der Waals surface area contributed by atoms with E-state index in [-0.39, 0.29) is 18.0 Å². The third-order valence-corrected chi connectivity index (χ3v) is 4.81. The lowest BCUT2D eigenvalue weighted by molar-refractivity contribution is 0.0933. The zero-order chi connectivity index (χ0) is 12.3. The van der Waals surface area contributed by atoms with Crippen molar-refractivity contribution < 1.29 is 4.79 Å². The van der Waals surface area contributed by atoms with Gasteiger partial charge in [0.05, 0.1) is 8.66 Å². The maximum absolute atomic E-state index is 12.0. The number of nitrogens with one attached hydrogen (secondary N) is 1. The molecule has 1 heterocycles. The average Bonchev–Trinajstić information content (AvgIpc) is 2.63.